The number of rotatable bonds is 6. The van der Waals surface area contributed by atoms with Gasteiger partial charge in [-0.15, -0.1) is 10.2 Å². The summed E-state index contributed by atoms with van der Waals surface area (Å²) in [7, 11) is -2.27. The van der Waals surface area contributed by atoms with E-state index in [0.29, 0.717) is 33.6 Å². The van der Waals surface area contributed by atoms with Crippen LogP contribution in [0.2, 0.25) is 5.02 Å². The second kappa shape index (κ2) is 8.19. The summed E-state index contributed by atoms with van der Waals surface area (Å²) < 4.78 is 34.7. The predicted octanol–water partition coefficient (Wildman–Crippen LogP) is 3.67. The number of nitrogens with zero attached hydrogens (tertiary/aromatic N) is 5. The van der Waals surface area contributed by atoms with E-state index in [4.69, 9.17) is 16.3 Å². The molecule has 5 rings (SSSR count). The molecule has 0 aliphatic rings. The van der Waals surface area contributed by atoms with E-state index in [-0.39, 0.29) is 4.90 Å². The van der Waals surface area contributed by atoms with Crippen molar-refractivity contribution in [1.82, 2.24) is 30.2 Å². The molecule has 10 nitrogen and oxygen atoms in total. The number of methoxy groups -OCH3 is 1. The first-order valence-electron chi connectivity index (χ1n) is 9.62. The molecule has 0 spiro atoms. The van der Waals surface area contributed by atoms with Crippen molar-refractivity contribution in [1.29, 1.82) is 0 Å². The lowest BCUT2D eigenvalue weighted by Gasteiger charge is -2.09. The van der Waals surface area contributed by atoms with Gasteiger partial charge in [0, 0.05) is 16.8 Å². The summed E-state index contributed by atoms with van der Waals surface area (Å²) in [5.41, 5.74) is 2.90. The predicted molar refractivity (Wildman–Crippen MR) is 123 cm³/mol. The number of halogens is 1. The van der Waals surface area contributed by atoms with Crippen LogP contribution in [0.25, 0.3) is 28.0 Å². The van der Waals surface area contributed by atoms with Gasteiger partial charge in [0.25, 0.3) is 10.0 Å². The van der Waals surface area contributed by atoms with Gasteiger partial charge in [0.1, 0.15) is 5.69 Å². The van der Waals surface area contributed by atoms with Crippen molar-refractivity contribution >= 4 is 38.3 Å². The van der Waals surface area contributed by atoms with Crippen LogP contribution in [-0.2, 0) is 10.0 Å². The third-order valence-electron chi connectivity index (χ3n) is 4.83. The fraction of sp³-hybridized carbons (Fsp3) is 0.0476. The van der Waals surface area contributed by atoms with Gasteiger partial charge in [0.15, 0.2) is 5.65 Å². The molecule has 33 heavy (non-hydrogen) atoms. The maximum Gasteiger partial charge on any atom is 0.261 e. The topological polar surface area (TPSA) is 128 Å². The highest BCUT2D eigenvalue weighted by atomic mass is 35.5. The number of sulfonamides is 1. The number of pyridine rings is 1. The zero-order valence-electron chi connectivity index (χ0n) is 17.1. The Labute approximate surface area is 193 Å². The maximum atomic E-state index is 12.7. The fourth-order valence-electron chi connectivity index (χ4n) is 3.26. The standard InChI is InChI=1S/C21H16ClN7O3S/c1-32-21-18-8-13(11-23-20(18)25-26-21)19-12-29(28-24-19)16-6-3-5-15(10-16)27-33(30,31)17-7-2-4-14(22)9-17/h2-12,27H,1H3,(H,23,25,26). The number of aromatic amines is 1. The van der Waals surface area contributed by atoms with Gasteiger partial charge in [-0.2, -0.15) is 0 Å². The number of hydrogen-bond acceptors (Lipinski definition) is 7. The first kappa shape index (κ1) is 20.9. The average molecular weight is 482 g/mol. The lowest BCUT2D eigenvalue weighted by atomic mass is 10.2. The van der Waals surface area contributed by atoms with Crippen LogP contribution in [0.15, 0.2) is 71.9 Å². The van der Waals surface area contributed by atoms with E-state index in [1.165, 1.54) is 19.2 Å². The van der Waals surface area contributed by atoms with Crippen LogP contribution < -0.4 is 9.46 Å². The first-order valence-corrected chi connectivity index (χ1v) is 11.5. The Balaban J connectivity index is 1.43. The zero-order valence-corrected chi connectivity index (χ0v) is 18.7. The minimum Gasteiger partial charge on any atom is -0.479 e. The van der Waals surface area contributed by atoms with E-state index in [9.17, 15) is 8.42 Å². The quantitative estimate of drug-likeness (QED) is 0.378. The van der Waals surface area contributed by atoms with Gasteiger partial charge in [-0.25, -0.2) is 18.1 Å². The van der Waals surface area contributed by atoms with Crippen molar-refractivity contribution in [3.63, 3.8) is 0 Å². The Bertz CT molecular complexity index is 1580. The molecule has 0 fully saturated rings. The van der Waals surface area contributed by atoms with E-state index >= 15 is 0 Å². The summed E-state index contributed by atoms with van der Waals surface area (Å²) in [5.74, 6) is 0.437. The third kappa shape index (κ3) is 4.11. The van der Waals surface area contributed by atoms with Crippen LogP contribution in [0.4, 0.5) is 5.69 Å². The molecule has 0 amide bonds. The summed E-state index contributed by atoms with van der Waals surface area (Å²) in [6.45, 7) is 0. The molecule has 166 valence electrons. The van der Waals surface area contributed by atoms with Crippen molar-refractivity contribution in [2.24, 2.45) is 0 Å². The molecule has 0 bridgehead atoms. The minimum atomic E-state index is -3.80. The van der Waals surface area contributed by atoms with Crippen molar-refractivity contribution in [3.8, 4) is 22.8 Å². The molecule has 12 heteroatoms. The largest absolute Gasteiger partial charge is 0.479 e. The Morgan fingerprint density at radius 3 is 2.79 bits per heavy atom. The highest BCUT2D eigenvalue weighted by Gasteiger charge is 2.16. The molecule has 0 saturated heterocycles. The number of ether oxygens (including phenoxy) is 1. The molecule has 0 aliphatic heterocycles. The summed E-state index contributed by atoms with van der Waals surface area (Å²) in [5, 5.41) is 16.3. The number of benzene rings is 2. The highest BCUT2D eigenvalue weighted by molar-refractivity contribution is 7.92. The van der Waals surface area contributed by atoms with Gasteiger partial charge in [-0.3, -0.25) is 9.82 Å². The molecule has 0 unspecified atom stereocenters. The van der Waals surface area contributed by atoms with Crippen LogP contribution in [0, 0.1) is 0 Å². The third-order valence-corrected chi connectivity index (χ3v) is 6.45. The number of hydrogen-bond donors (Lipinski definition) is 2. The normalized spacial score (nSPS) is 11.6. The van der Waals surface area contributed by atoms with Crippen LogP contribution in [0.3, 0.4) is 0 Å². The van der Waals surface area contributed by atoms with E-state index in [1.807, 2.05) is 6.07 Å². The van der Waals surface area contributed by atoms with Gasteiger partial charge in [0.05, 0.1) is 35.0 Å². The van der Waals surface area contributed by atoms with E-state index in [1.54, 1.807) is 53.5 Å². The van der Waals surface area contributed by atoms with Crippen molar-refractivity contribution in [2.75, 3.05) is 11.8 Å². The van der Waals surface area contributed by atoms with Crippen LogP contribution in [0.5, 0.6) is 5.88 Å². The molecule has 3 heterocycles. The molecule has 0 atom stereocenters. The summed E-state index contributed by atoms with van der Waals surface area (Å²) in [6, 6.07) is 14.7. The van der Waals surface area contributed by atoms with E-state index < -0.39 is 10.0 Å². The van der Waals surface area contributed by atoms with E-state index in [2.05, 4.69) is 30.2 Å². The van der Waals surface area contributed by atoms with Crippen LogP contribution in [-0.4, -0.2) is 45.7 Å². The molecular weight excluding hydrogens is 466 g/mol. The molecule has 0 aliphatic carbocycles. The van der Waals surface area contributed by atoms with Crippen molar-refractivity contribution < 1.29 is 13.2 Å². The summed E-state index contributed by atoms with van der Waals surface area (Å²) in [6.07, 6.45) is 3.38. The van der Waals surface area contributed by atoms with Gasteiger partial charge < -0.3 is 4.74 Å². The Morgan fingerprint density at radius 1 is 1.12 bits per heavy atom. The molecule has 5 aromatic rings. The lowest BCUT2D eigenvalue weighted by molar-refractivity contribution is 0.401. The molecular formula is C21H16ClN7O3S. The van der Waals surface area contributed by atoms with Gasteiger partial charge in [0.2, 0.25) is 5.88 Å². The van der Waals surface area contributed by atoms with E-state index in [0.717, 1.165) is 10.9 Å². The fourth-order valence-corrected chi connectivity index (χ4v) is 4.61. The second-order valence-corrected chi connectivity index (χ2v) is 9.13. The summed E-state index contributed by atoms with van der Waals surface area (Å²) >= 11 is 5.93. The lowest BCUT2D eigenvalue weighted by Crippen LogP contribution is -2.13. The molecule has 2 N–H and O–H groups in total. The summed E-state index contributed by atoms with van der Waals surface area (Å²) in [4.78, 5) is 4.41. The van der Waals surface area contributed by atoms with Gasteiger partial charge in [-0.05, 0) is 42.5 Å². The van der Waals surface area contributed by atoms with Crippen LogP contribution >= 0.6 is 11.6 Å². The molecule has 0 radical (unpaired) electrons. The number of anilines is 1. The Hall–Kier alpha value is -3.96. The van der Waals surface area contributed by atoms with Gasteiger partial charge in [-0.1, -0.05) is 28.9 Å². The number of fused-ring (bicyclic) bond motifs is 1. The number of nitrogens with one attached hydrogen (secondary N) is 2. The van der Waals surface area contributed by atoms with Crippen LogP contribution in [0.1, 0.15) is 0 Å². The Kier molecular flexibility index (Phi) is 5.19. The highest BCUT2D eigenvalue weighted by Crippen LogP contribution is 2.27. The van der Waals surface area contributed by atoms with Crippen molar-refractivity contribution in [2.45, 2.75) is 4.90 Å². The SMILES string of the molecule is COc1n[nH]c2ncc(-c3cn(-c4cccc(NS(=O)(=O)c5cccc(Cl)c5)c4)nn3)cc12. The molecule has 3 aromatic heterocycles. The minimum absolute atomic E-state index is 0.0704. The molecule has 2 aromatic carbocycles. The maximum absolute atomic E-state index is 12.7. The first-order chi connectivity index (χ1) is 15.9. The zero-order chi connectivity index (χ0) is 23.0. The second-order valence-electron chi connectivity index (χ2n) is 7.01. The van der Waals surface area contributed by atoms with Crippen molar-refractivity contribution in [3.05, 3.63) is 72.0 Å². The average Bonchev–Trinajstić information content (AvgIpc) is 3.46. The van der Waals surface area contributed by atoms with Gasteiger partial charge >= 0.3 is 0 Å². The molecule has 0 saturated carbocycles. The Morgan fingerprint density at radius 2 is 1.97 bits per heavy atom. The number of aromatic nitrogens is 6. The smallest absolute Gasteiger partial charge is 0.261 e. The monoisotopic (exact) mass is 481 g/mol. The number of H-pyrrole nitrogens is 1.